The smallest absolute Gasteiger partial charge is 0.284 e. The summed E-state index contributed by atoms with van der Waals surface area (Å²) in [4.78, 5) is 10.7. The van der Waals surface area contributed by atoms with Crippen molar-refractivity contribution >= 4 is 5.91 Å². The number of hydrogen-bond donors (Lipinski definition) is 0. The van der Waals surface area contributed by atoms with Crippen molar-refractivity contribution in [2.45, 2.75) is 6.10 Å². The fourth-order valence-corrected chi connectivity index (χ4v) is 0.991. The van der Waals surface area contributed by atoms with Crippen LogP contribution in [0.3, 0.4) is 0 Å². The van der Waals surface area contributed by atoms with Gasteiger partial charge in [-0.1, -0.05) is 18.2 Å². The van der Waals surface area contributed by atoms with Gasteiger partial charge >= 0.3 is 0 Å². The van der Waals surface area contributed by atoms with Gasteiger partial charge in [0.05, 0.1) is 6.54 Å². The second kappa shape index (κ2) is 2.85. The van der Waals surface area contributed by atoms with E-state index in [-0.39, 0.29) is 12.0 Å². The zero-order valence-corrected chi connectivity index (χ0v) is 6.43. The average Bonchev–Trinajstić information content (AvgIpc) is 2.14. The number of β-lactam (4-membered cyclic amide) rings is 1. The Kier molecular flexibility index (Phi) is 1.70. The van der Waals surface area contributed by atoms with Crippen molar-refractivity contribution in [1.82, 2.24) is 5.32 Å². The molecular formula is C9H8NO2. The molecule has 0 N–H and O–H groups in total. The zero-order valence-electron chi connectivity index (χ0n) is 6.43. The highest BCUT2D eigenvalue weighted by atomic mass is 16.5. The minimum Gasteiger partial charge on any atom is -0.479 e. The normalized spacial score (nSPS) is 21.0. The second-order valence-electron chi connectivity index (χ2n) is 2.60. The molecule has 1 atom stereocenters. The van der Waals surface area contributed by atoms with Crippen molar-refractivity contribution in [2.75, 3.05) is 6.54 Å². The lowest BCUT2D eigenvalue weighted by Crippen LogP contribution is -2.51. The SMILES string of the molecule is O=C1[N]CC1Oc1ccccc1. The van der Waals surface area contributed by atoms with Crippen LogP contribution in [-0.4, -0.2) is 18.6 Å². The van der Waals surface area contributed by atoms with Crippen molar-refractivity contribution in [2.24, 2.45) is 0 Å². The molecule has 1 aromatic rings. The van der Waals surface area contributed by atoms with Gasteiger partial charge in [0.2, 0.25) is 0 Å². The topological polar surface area (TPSA) is 40.4 Å². The maximum atomic E-state index is 10.7. The van der Waals surface area contributed by atoms with Crippen molar-refractivity contribution in [1.29, 1.82) is 0 Å². The highest BCUT2D eigenvalue weighted by molar-refractivity contribution is 5.86. The van der Waals surface area contributed by atoms with Gasteiger partial charge in [-0.2, -0.15) is 0 Å². The molecule has 1 unspecified atom stereocenters. The molecule has 1 aliphatic heterocycles. The number of amides is 1. The molecule has 1 radical (unpaired) electrons. The summed E-state index contributed by atoms with van der Waals surface area (Å²) in [6, 6.07) is 9.29. The fourth-order valence-electron chi connectivity index (χ4n) is 0.991. The molecular weight excluding hydrogens is 154 g/mol. The first kappa shape index (κ1) is 7.16. The van der Waals surface area contributed by atoms with Gasteiger partial charge in [0.1, 0.15) is 5.75 Å². The fraction of sp³-hybridized carbons (Fsp3) is 0.222. The van der Waals surface area contributed by atoms with Crippen LogP contribution in [0.2, 0.25) is 0 Å². The molecule has 1 amide bonds. The van der Waals surface area contributed by atoms with Crippen molar-refractivity contribution in [3.63, 3.8) is 0 Å². The molecule has 3 heteroatoms. The molecule has 0 spiro atoms. The molecule has 1 aliphatic rings. The predicted octanol–water partition coefficient (Wildman–Crippen LogP) is 0.579. The molecule has 3 nitrogen and oxygen atoms in total. The third-order valence-electron chi connectivity index (χ3n) is 1.71. The third kappa shape index (κ3) is 1.25. The van der Waals surface area contributed by atoms with Crippen LogP contribution < -0.4 is 10.1 Å². The van der Waals surface area contributed by atoms with Crippen molar-refractivity contribution in [3.8, 4) is 5.75 Å². The first-order chi connectivity index (χ1) is 5.86. The molecule has 0 aromatic heterocycles. The summed E-state index contributed by atoms with van der Waals surface area (Å²) < 4.78 is 5.32. The lowest BCUT2D eigenvalue weighted by molar-refractivity contribution is -0.135. The first-order valence-corrected chi connectivity index (χ1v) is 3.79. The standard InChI is InChI=1S/C9H8NO2/c11-9-8(6-10-9)12-7-4-2-1-3-5-7/h1-5,8H,6H2. The van der Waals surface area contributed by atoms with Gasteiger partial charge in [0.15, 0.2) is 6.10 Å². The minimum atomic E-state index is -0.340. The summed E-state index contributed by atoms with van der Waals surface area (Å²) in [5, 5.41) is 3.58. The molecule has 1 aromatic carbocycles. The van der Waals surface area contributed by atoms with E-state index in [9.17, 15) is 4.79 Å². The van der Waals surface area contributed by atoms with Crippen LogP contribution >= 0.6 is 0 Å². The molecule has 12 heavy (non-hydrogen) atoms. The van der Waals surface area contributed by atoms with Crippen molar-refractivity contribution < 1.29 is 9.53 Å². The number of benzene rings is 1. The van der Waals surface area contributed by atoms with Crippen LogP contribution in [0, 0.1) is 0 Å². The molecule has 1 heterocycles. The van der Waals surface area contributed by atoms with E-state index in [1.165, 1.54) is 0 Å². The number of ether oxygens (including phenoxy) is 1. The van der Waals surface area contributed by atoms with Gasteiger partial charge in [-0.15, -0.1) is 0 Å². The van der Waals surface area contributed by atoms with E-state index < -0.39 is 0 Å². The van der Waals surface area contributed by atoms with Crippen LogP contribution in [0.25, 0.3) is 0 Å². The Morgan fingerprint density at radius 3 is 2.58 bits per heavy atom. The number of para-hydroxylation sites is 1. The Morgan fingerprint density at radius 2 is 2.08 bits per heavy atom. The van der Waals surface area contributed by atoms with Gasteiger partial charge in [-0.05, 0) is 12.1 Å². The Hall–Kier alpha value is -1.51. The summed E-state index contributed by atoms with van der Waals surface area (Å²) >= 11 is 0. The zero-order chi connectivity index (χ0) is 8.39. The summed E-state index contributed by atoms with van der Waals surface area (Å²) in [6.45, 7) is 0.494. The molecule has 61 valence electrons. The Bertz CT molecular complexity index is 284. The van der Waals surface area contributed by atoms with Crippen LogP contribution in [0.5, 0.6) is 5.75 Å². The summed E-state index contributed by atoms with van der Waals surface area (Å²) in [7, 11) is 0. The first-order valence-electron chi connectivity index (χ1n) is 3.79. The Balaban J connectivity index is 2.00. The number of hydrogen-bond acceptors (Lipinski definition) is 2. The minimum absolute atomic E-state index is 0.154. The van der Waals surface area contributed by atoms with E-state index in [0.29, 0.717) is 6.54 Å². The number of carbonyl (C=O) groups excluding carboxylic acids is 1. The molecule has 0 saturated carbocycles. The molecule has 2 rings (SSSR count). The quantitative estimate of drug-likeness (QED) is 0.597. The van der Waals surface area contributed by atoms with Gasteiger partial charge < -0.3 is 4.74 Å². The van der Waals surface area contributed by atoms with Crippen LogP contribution in [0.4, 0.5) is 0 Å². The van der Waals surface area contributed by atoms with Gasteiger partial charge in [0.25, 0.3) is 5.91 Å². The highest BCUT2D eigenvalue weighted by Crippen LogP contribution is 2.13. The Morgan fingerprint density at radius 1 is 1.33 bits per heavy atom. The second-order valence-corrected chi connectivity index (χ2v) is 2.60. The number of carbonyl (C=O) groups is 1. The van der Waals surface area contributed by atoms with E-state index in [0.717, 1.165) is 5.75 Å². The maximum absolute atomic E-state index is 10.7. The van der Waals surface area contributed by atoms with E-state index in [1.807, 2.05) is 30.3 Å². The van der Waals surface area contributed by atoms with Crippen LogP contribution in [-0.2, 0) is 4.79 Å². The van der Waals surface area contributed by atoms with Crippen LogP contribution in [0.15, 0.2) is 30.3 Å². The molecule has 0 bridgehead atoms. The lowest BCUT2D eigenvalue weighted by atomic mass is 10.2. The van der Waals surface area contributed by atoms with Gasteiger partial charge in [-0.3, -0.25) is 4.79 Å². The number of rotatable bonds is 2. The van der Waals surface area contributed by atoms with E-state index >= 15 is 0 Å². The Labute approximate surface area is 70.3 Å². The average molecular weight is 162 g/mol. The monoisotopic (exact) mass is 162 g/mol. The molecule has 0 aliphatic carbocycles. The van der Waals surface area contributed by atoms with Gasteiger partial charge in [0, 0.05) is 0 Å². The van der Waals surface area contributed by atoms with Crippen molar-refractivity contribution in [3.05, 3.63) is 30.3 Å². The molecule has 1 fully saturated rings. The number of nitrogens with zero attached hydrogens (tertiary/aromatic N) is 1. The van der Waals surface area contributed by atoms with E-state index in [2.05, 4.69) is 5.32 Å². The van der Waals surface area contributed by atoms with Gasteiger partial charge in [-0.25, -0.2) is 5.32 Å². The lowest BCUT2D eigenvalue weighted by Gasteiger charge is -2.23. The largest absolute Gasteiger partial charge is 0.479 e. The summed E-state index contributed by atoms with van der Waals surface area (Å²) in [5.74, 6) is 0.574. The predicted molar refractivity (Wildman–Crippen MR) is 42.9 cm³/mol. The maximum Gasteiger partial charge on any atom is 0.284 e. The van der Waals surface area contributed by atoms with Crippen LogP contribution in [0.1, 0.15) is 0 Å². The van der Waals surface area contributed by atoms with E-state index in [4.69, 9.17) is 4.74 Å². The third-order valence-corrected chi connectivity index (χ3v) is 1.71. The highest BCUT2D eigenvalue weighted by Gasteiger charge is 2.31. The summed E-state index contributed by atoms with van der Waals surface area (Å²) in [6.07, 6.45) is -0.340. The summed E-state index contributed by atoms with van der Waals surface area (Å²) in [5.41, 5.74) is 0. The molecule has 1 saturated heterocycles. The van der Waals surface area contributed by atoms with E-state index in [1.54, 1.807) is 0 Å².